The van der Waals surface area contributed by atoms with Gasteiger partial charge in [0.25, 0.3) is 5.91 Å². The number of nitrogens with one attached hydrogen (secondary N) is 1. The highest BCUT2D eigenvalue weighted by Gasteiger charge is 2.29. The molecular formula is C21H24N2O4S2. The van der Waals surface area contributed by atoms with E-state index in [1.807, 2.05) is 24.3 Å². The number of para-hydroxylation sites is 1. The second-order valence-corrected chi connectivity index (χ2v) is 10.1. The van der Waals surface area contributed by atoms with E-state index in [9.17, 15) is 13.2 Å². The number of fused-ring (bicyclic) bond motifs is 1. The summed E-state index contributed by atoms with van der Waals surface area (Å²) in [4.78, 5) is 16.0. The van der Waals surface area contributed by atoms with Crippen LogP contribution in [0, 0.1) is 0 Å². The van der Waals surface area contributed by atoms with Gasteiger partial charge in [0.05, 0.1) is 12.8 Å². The molecule has 1 aliphatic carbocycles. The maximum Gasteiger partial charge on any atom is 0.258 e. The van der Waals surface area contributed by atoms with Gasteiger partial charge in [-0.15, -0.1) is 11.8 Å². The number of carbonyl (C=O) groups is 1. The molecule has 0 unspecified atom stereocenters. The van der Waals surface area contributed by atoms with Crippen LogP contribution in [0.25, 0.3) is 0 Å². The Morgan fingerprint density at radius 2 is 1.93 bits per heavy atom. The molecule has 1 N–H and O–H groups in total. The van der Waals surface area contributed by atoms with Crippen molar-refractivity contribution in [3.05, 3.63) is 48.0 Å². The Morgan fingerprint density at radius 1 is 1.17 bits per heavy atom. The highest BCUT2D eigenvalue weighted by atomic mass is 32.2. The minimum absolute atomic E-state index is 0.0115. The molecule has 8 heteroatoms. The van der Waals surface area contributed by atoms with Crippen molar-refractivity contribution < 1.29 is 17.9 Å². The molecule has 2 aromatic rings. The molecule has 1 amide bonds. The van der Waals surface area contributed by atoms with Gasteiger partial charge in [0.2, 0.25) is 10.0 Å². The standard InChI is InChI=1S/C21H24N2O4S2/c1-27-18-11-10-15(14-20(18)29(25,26)22-16-6-2-3-7-16)21(24)23-12-13-28-19-9-5-4-8-17(19)23/h4-5,8-11,14,16,22H,2-3,6-7,12-13H2,1H3. The van der Waals surface area contributed by atoms with E-state index in [1.165, 1.54) is 13.2 Å². The Balaban J connectivity index is 1.67. The number of carbonyl (C=O) groups excluding carboxylic acids is 1. The molecule has 29 heavy (non-hydrogen) atoms. The van der Waals surface area contributed by atoms with Crippen LogP contribution in [0.4, 0.5) is 5.69 Å². The van der Waals surface area contributed by atoms with Crippen LogP contribution in [0.2, 0.25) is 0 Å². The second kappa shape index (κ2) is 8.38. The third-order valence-electron chi connectivity index (χ3n) is 5.35. The summed E-state index contributed by atoms with van der Waals surface area (Å²) >= 11 is 1.72. The number of amides is 1. The van der Waals surface area contributed by atoms with Gasteiger partial charge in [0.1, 0.15) is 10.6 Å². The van der Waals surface area contributed by atoms with Gasteiger partial charge in [0.15, 0.2) is 0 Å². The quantitative estimate of drug-likeness (QED) is 0.780. The maximum atomic E-state index is 13.2. The summed E-state index contributed by atoms with van der Waals surface area (Å²) in [6, 6.07) is 12.3. The van der Waals surface area contributed by atoms with Gasteiger partial charge in [-0.05, 0) is 43.2 Å². The van der Waals surface area contributed by atoms with Crippen LogP contribution in [-0.2, 0) is 10.0 Å². The molecule has 1 heterocycles. The SMILES string of the molecule is COc1ccc(C(=O)N2CCSc3ccccc32)cc1S(=O)(=O)NC1CCCC1. The zero-order chi connectivity index (χ0) is 20.4. The summed E-state index contributed by atoms with van der Waals surface area (Å²) in [6.45, 7) is 0.578. The van der Waals surface area contributed by atoms with Gasteiger partial charge >= 0.3 is 0 Å². The molecule has 154 valence electrons. The predicted molar refractivity (Wildman–Crippen MR) is 114 cm³/mol. The average Bonchev–Trinajstić information content (AvgIpc) is 3.24. The van der Waals surface area contributed by atoms with E-state index < -0.39 is 10.0 Å². The summed E-state index contributed by atoms with van der Waals surface area (Å²) in [5, 5.41) is 0. The average molecular weight is 433 g/mol. The molecule has 0 atom stereocenters. The number of hydrogen-bond acceptors (Lipinski definition) is 5. The van der Waals surface area contributed by atoms with E-state index >= 15 is 0 Å². The van der Waals surface area contributed by atoms with Crippen molar-refractivity contribution in [2.24, 2.45) is 0 Å². The Labute approximate surface area is 175 Å². The molecule has 2 aliphatic rings. The molecule has 0 aromatic heterocycles. The summed E-state index contributed by atoms with van der Waals surface area (Å²) < 4.78 is 34.1. The molecule has 6 nitrogen and oxygen atoms in total. The largest absolute Gasteiger partial charge is 0.495 e. The van der Waals surface area contributed by atoms with Crippen LogP contribution in [0.15, 0.2) is 52.3 Å². The van der Waals surface area contributed by atoms with Crippen molar-refractivity contribution in [1.29, 1.82) is 0 Å². The zero-order valence-electron chi connectivity index (χ0n) is 16.3. The third kappa shape index (κ3) is 4.15. The number of benzene rings is 2. The van der Waals surface area contributed by atoms with Crippen molar-refractivity contribution >= 4 is 33.4 Å². The Hall–Kier alpha value is -2.03. The summed E-state index contributed by atoms with van der Waals surface area (Å²) in [6.07, 6.45) is 3.72. The first-order chi connectivity index (χ1) is 14.0. The molecule has 2 aromatic carbocycles. The van der Waals surface area contributed by atoms with Gasteiger partial charge in [-0.25, -0.2) is 13.1 Å². The maximum absolute atomic E-state index is 13.2. The first-order valence-electron chi connectivity index (χ1n) is 9.73. The first-order valence-corrected chi connectivity index (χ1v) is 12.2. The molecule has 0 saturated heterocycles. The van der Waals surface area contributed by atoms with Crippen molar-refractivity contribution in [3.8, 4) is 5.75 Å². The van der Waals surface area contributed by atoms with Crippen molar-refractivity contribution in [1.82, 2.24) is 4.72 Å². The van der Waals surface area contributed by atoms with E-state index in [-0.39, 0.29) is 22.6 Å². The molecule has 1 fully saturated rings. The van der Waals surface area contributed by atoms with E-state index in [1.54, 1.807) is 28.8 Å². The number of anilines is 1. The predicted octanol–water partition coefficient (Wildman–Crippen LogP) is 3.67. The lowest BCUT2D eigenvalue weighted by molar-refractivity contribution is 0.0987. The minimum Gasteiger partial charge on any atom is -0.495 e. The number of nitrogens with zero attached hydrogens (tertiary/aromatic N) is 1. The number of methoxy groups -OCH3 is 1. The van der Waals surface area contributed by atoms with E-state index in [2.05, 4.69) is 4.72 Å². The third-order valence-corrected chi connectivity index (χ3v) is 7.94. The monoisotopic (exact) mass is 432 g/mol. The molecule has 4 rings (SSSR count). The van der Waals surface area contributed by atoms with Crippen molar-refractivity contribution in [3.63, 3.8) is 0 Å². The minimum atomic E-state index is -3.78. The molecule has 1 saturated carbocycles. The summed E-state index contributed by atoms with van der Waals surface area (Å²) in [5.74, 6) is 0.826. The number of thioether (sulfide) groups is 1. The smallest absolute Gasteiger partial charge is 0.258 e. The fourth-order valence-corrected chi connectivity index (χ4v) is 6.38. The molecule has 0 bridgehead atoms. The van der Waals surface area contributed by atoms with E-state index in [4.69, 9.17) is 4.74 Å². The van der Waals surface area contributed by atoms with Gasteiger partial charge in [-0.1, -0.05) is 25.0 Å². The lowest BCUT2D eigenvalue weighted by atomic mass is 10.1. The molecular weight excluding hydrogens is 408 g/mol. The van der Waals surface area contributed by atoms with Gasteiger partial charge in [-0.3, -0.25) is 4.79 Å². The second-order valence-electron chi connectivity index (χ2n) is 7.24. The Bertz CT molecular complexity index is 1020. The van der Waals surface area contributed by atoms with Gasteiger partial charge in [0, 0.05) is 28.8 Å². The van der Waals surface area contributed by atoms with Crippen LogP contribution in [-0.4, -0.2) is 39.8 Å². The fraction of sp³-hybridized carbons (Fsp3) is 0.381. The fourth-order valence-electron chi connectivity index (χ4n) is 3.88. The van der Waals surface area contributed by atoms with Gasteiger partial charge in [-0.2, -0.15) is 0 Å². The lowest BCUT2D eigenvalue weighted by Crippen LogP contribution is -2.36. The summed E-state index contributed by atoms with van der Waals surface area (Å²) in [7, 11) is -2.35. The van der Waals surface area contributed by atoms with E-state index in [0.29, 0.717) is 12.1 Å². The number of hydrogen-bond donors (Lipinski definition) is 1. The number of sulfonamides is 1. The highest BCUT2D eigenvalue weighted by Crippen LogP contribution is 2.36. The molecule has 0 spiro atoms. The summed E-state index contributed by atoms with van der Waals surface area (Å²) in [5.41, 5.74) is 1.19. The van der Waals surface area contributed by atoms with Crippen molar-refractivity contribution in [2.45, 2.75) is 41.5 Å². The number of rotatable bonds is 5. The normalized spacial score (nSPS) is 17.2. The molecule has 1 aliphatic heterocycles. The van der Waals surface area contributed by atoms with E-state index in [0.717, 1.165) is 42.0 Å². The van der Waals surface area contributed by atoms with Crippen LogP contribution < -0.4 is 14.4 Å². The Morgan fingerprint density at radius 3 is 2.69 bits per heavy atom. The van der Waals surface area contributed by atoms with Gasteiger partial charge < -0.3 is 9.64 Å². The van der Waals surface area contributed by atoms with Crippen LogP contribution in [0.3, 0.4) is 0 Å². The lowest BCUT2D eigenvalue weighted by Gasteiger charge is -2.29. The topological polar surface area (TPSA) is 75.7 Å². The van der Waals surface area contributed by atoms with Crippen LogP contribution >= 0.6 is 11.8 Å². The van der Waals surface area contributed by atoms with Crippen LogP contribution in [0.1, 0.15) is 36.0 Å². The van der Waals surface area contributed by atoms with Crippen molar-refractivity contribution in [2.75, 3.05) is 24.3 Å². The van der Waals surface area contributed by atoms with Crippen LogP contribution in [0.5, 0.6) is 5.75 Å². The first kappa shape index (κ1) is 20.3. The molecule has 0 radical (unpaired) electrons. The zero-order valence-corrected chi connectivity index (χ0v) is 17.9. The Kier molecular flexibility index (Phi) is 5.85. The number of ether oxygens (including phenoxy) is 1. The highest BCUT2D eigenvalue weighted by molar-refractivity contribution is 7.99.